The van der Waals surface area contributed by atoms with Crippen LogP contribution in [-0.4, -0.2) is 40.8 Å². The molecule has 0 N–H and O–H groups in total. The van der Waals surface area contributed by atoms with Gasteiger partial charge in [0.1, 0.15) is 0 Å². The summed E-state index contributed by atoms with van der Waals surface area (Å²) in [6.45, 7) is 2.71. The van der Waals surface area contributed by atoms with E-state index in [1.807, 2.05) is 30.3 Å². The van der Waals surface area contributed by atoms with Gasteiger partial charge in [0.05, 0.1) is 18.0 Å². The van der Waals surface area contributed by atoms with Crippen molar-refractivity contribution in [1.29, 1.82) is 0 Å². The number of halogens is 3. The van der Waals surface area contributed by atoms with Crippen molar-refractivity contribution in [3.05, 3.63) is 35.9 Å². The van der Waals surface area contributed by atoms with Gasteiger partial charge in [0.15, 0.2) is 0 Å². The number of likely N-dealkylation sites (tertiary alicyclic amines) is 1. The Morgan fingerprint density at radius 2 is 1.91 bits per heavy atom. The van der Waals surface area contributed by atoms with Crippen LogP contribution in [-0.2, 0) is 16.1 Å². The van der Waals surface area contributed by atoms with Crippen molar-refractivity contribution in [3.63, 3.8) is 0 Å². The average molecular weight is 347 g/mol. The maximum atomic E-state index is 12.3. The molecule has 0 bridgehead atoms. The minimum absolute atomic E-state index is 0.0461. The maximum Gasteiger partial charge on any atom is 0.442 e. The summed E-state index contributed by atoms with van der Waals surface area (Å²) < 4.78 is 42.8. The summed E-state index contributed by atoms with van der Waals surface area (Å²) in [6, 6.07) is 9.79. The van der Waals surface area contributed by atoms with Crippen molar-refractivity contribution < 1.29 is 22.7 Å². The standard InChI is InChI=1S/C16H20F3NO2S/c1-12(23-16(17,18)19)15(21)20-9-7-14(8-10-20)22-11-13-5-3-2-4-6-13/h2-6,12,14H,7-11H2,1H3/t12-/m1/s1. The predicted octanol–water partition coefficient (Wildman–Crippen LogP) is 3.84. The molecular formula is C16H20F3NO2S. The number of carbonyl (C=O) groups excluding carboxylic acids is 1. The molecule has 1 amide bonds. The second-order valence-corrected chi connectivity index (χ2v) is 6.93. The third-order valence-corrected chi connectivity index (χ3v) is 4.56. The van der Waals surface area contributed by atoms with Crippen LogP contribution in [0.4, 0.5) is 13.2 Å². The Morgan fingerprint density at radius 1 is 1.30 bits per heavy atom. The van der Waals surface area contributed by atoms with E-state index in [1.54, 1.807) is 0 Å². The summed E-state index contributed by atoms with van der Waals surface area (Å²) in [5, 5.41) is -1.10. The third-order valence-electron chi connectivity index (χ3n) is 3.74. The lowest BCUT2D eigenvalue weighted by atomic mass is 10.1. The molecule has 0 aliphatic carbocycles. The van der Waals surface area contributed by atoms with Crippen molar-refractivity contribution in [2.75, 3.05) is 13.1 Å². The lowest BCUT2D eigenvalue weighted by molar-refractivity contribution is -0.133. The normalized spacial score (nSPS) is 18.0. The first-order valence-corrected chi connectivity index (χ1v) is 8.42. The van der Waals surface area contributed by atoms with Crippen molar-refractivity contribution in [1.82, 2.24) is 4.90 Å². The number of thioether (sulfide) groups is 1. The lowest BCUT2D eigenvalue weighted by Gasteiger charge is -2.33. The third kappa shape index (κ3) is 6.06. The zero-order valence-corrected chi connectivity index (χ0v) is 13.7. The highest BCUT2D eigenvalue weighted by Gasteiger charge is 2.36. The number of carbonyl (C=O) groups is 1. The van der Waals surface area contributed by atoms with Crippen LogP contribution in [0.2, 0.25) is 0 Å². The fourth-order valence-corrected chi connectivity index (χ4v) is 3.19. The van der Waals surface area contributed by atoms with Gasteiger partial charge in [-0.3, -0.25) is 4.79 Å². The number of piperidine rings is 1. The highest BCUT2D eigenvalue weighted by molar-refractivity contribution is 8.01. The summed E-state index contributed by atoms with van der Waals surface area (Å²) in [5.41, 5.74) is -3.30. The molecule has 1 aromatic carbocycles. The van der Waals surface area contributed by atoms with E-state index in [4.69, 9.17) is 4.74 Å². The summed E-state index contributed by atoms with van der Waals surface area (Å²) in [5.74, 6) is -0.450. The highest BCUT2D eigenvalue weighted by atomic mass is 32.2. The summed E-state index contributed by atoms with van der Waals surface area (Å²) in [7, 11) is 0. The molecule has 0 aromatic heterocycles. The summed E-state index contributed by atoms with van der Waals surface area (Å²) in [4.78, 5) is 13.5. The lowest BCUT2D eigenvalue weighted by Crippen LogP contribution is -2.44. The summed E-state index contributed by atoms with van der Waals surface area (Å²) >= 11 is -0.256. The van der Waals surface area contributed by atoms with Gasteiger partial charge >= 0.3 is 5.51 Å². The van der Waals surface area contributed by atoms with Crippen molar-refractivity contribution in [2.45, 2.75) is 43.2 Å². The Labute approximate surface area is 138 Å². The van der Waals surface area contributed by atoms with Crippen LogP contribution >= 0.6 is 11.8 Å². The predicted molar refractivity (Wildman–Crippen MR) is 83.9 cm³/mol. The van der Waals surface area contributed by atoms with Crippen LogP contribution in [0.5, 0.6) is 0 Å². The molecule has 2 rings (SSSR count). The summed E-state index contributed by atoms with van der Waals surface area (Å²) in [6.07, 6.45) is 1.36. The average Bonchev–Trinajstić information content (AvgIpc) is 2.52. The van der Waals surface area contributed by atoms with Crippen molar-refractivity contribution in [2.24, 2.45) is 0 Å². The topological polar surface area (TPSA) is 29.5 Å². The largest absolute Gasteiger partial charge is 0.442 e. The fraction of sp³-hybridized carbons (Fsp3) is 0.562. The van der Waals surface area contributed by atoms with Gasteiger partial charge in [-0.05, 0) is 37.1 Å². The minimum atomic E-state index is -4.38. The first-order chi connectivity index (χ1) is 10.8. The van der Waals surface area contributed by atoms with E-state index in [1.165, 1.54) is 11.8 Å². The van der Waals surface area contributed by atoms with Gasteiger partial charge in [0.2, 0.25) is 5.91 Å². The van der Waals surface area contributed by atoms with Crippen LogP contribution in [0, 0.1) is 0 Å². The molecule has 1 atom stereocenters. The number of nitrogens with zero attached hydrogens (tertiary/aromatic N) is 1. The molecule has 1 aliphatic rings. The number of hydrogen-bond acceptors (Lipinski definition) is 3. The van der Waals surface area contributed by atoms with E-state index >= 15 is 0 Å². The van der Waals surface area contributed by atoms with Crippen LogP contribution in [0.25, 0.3) is 0 Å². The van der Waals surface area contributed by atoms with Crippen molar-refractivity contribution in [3.8, 4) is 0 Å². The molecule has 1 aliphatic heterocycles. The van der Waals surface area contributed by atoms with Gasteiger partial charge in [-0.2, -0.15) is 13.2 Å². The molecule has 1 fully saturated rings. The van der Waals surface area contributed by atoms with Gasteiger partial charge < -0.3 is 9.64 Å². The van der Waals surface area contributed by atoms with E-state index in [0.29, 0.717) is 32.5 Å². The molecule has 1 saturated heterocycles. The van der Waals surface area contributed by atoms with E-state index < -0.39 is 16.7 Å². The number of hydrogen-bond donors (Lipinski definition) is 0. The Hall–Kier alpha value is -1.21. The Balaban J connectivity index is 1.74. The molecule has 1 aromatic rings. The quantitative estimate of drug-likeness (QED) is 0.811. The van der Waals surface area contributed by atoms with Crippen LogP contribution in [0.1, 0.15) is 25.3 Å². The molecule has 1 heterocycles. The van der Waals surface area contributed by atoms with Crippen LogP contribution < -0.4 is 0 Å². The van der Waals surface area contributed by atoms with Crippen LogP contribution in [0.15, 0.2) is 30.3 Å². The molecule has 23 heavy (non-hydrogen) atoms. The first-order valence-electron chi connectivity index (χ1n) is 7.54. The number of amides is 1. The molecule has 0 saturated carbocycles. The number of benzene rings is 1. The van der Waals surface area contributed by atoms with E-state index in [-0.39, 0.29) is 17.9 Å². The highest BCUT2D eigenvalue weighted by Crippen LogP contribution is 2.34. The fourth-order valence-electron chi connectivity index (χ4n) is 2.54. The van der Waals surface area contributed by atoms with E-state index in [9.17, 15) is 18.0 Å². The second kappa shape index (κ2) is 8.06. The molecule has 0 radical (unpaired) electrons. The number of alkyl halides is 3. The van der Waals surface area contributed by atoms with Gasteiger partial charge in [0, 0.05) is 13.1 Å². The SMILES string of the molecule is C[C@@H](SC(F)(F)F)C(=O)N1CCC(OCc2ccccc2)CC1. The molecule has 128 valence electrons. The molecule has 3 nitrogen and oxygen atoms in total. The van der Waals surface area contributed by atoms with Gasteiger partial charge in [-0.1, -0.05) is 30.3 Å². The van der Waals surface area contributed by atoms with Gasteiger partial charge in [0.25, 0.3) is 0 Å². The van der Waals surface area contributed by atoms with Crippen molar-refractivity contribution >= 4 is 17.7 Å². The monoisotopic (exact) mass is 347 g/mol. The van der Waals surface area contributed by atoms with Crippen LogP contribution in [0.3, 0.4) is 0 Å². The van der Waals surface area contributed by atoms with Gasteiger partial charge in [-0.25, -0.2) is 0 Å². The molecule has 0 spiro atoms. The molecule has 7 heteroatoms. The zero-order valence-electron chi connectivity index (χ0n) is 12.9. The number of ether oxygens (including phenoxy) is 1. The number of rotatable bonds is 5. The molecule has 0 unspecified atom stereocenters. The van der Waals surface area contributed by atoms with E-state index in [2.05, 4.69) is 0 Å². The second-order valence-electron chi connectivity index (χ2n) is 5.53. The Morgan fingerprint density at radius 3 is 2.48 bits per heavy atom. The van der Waals surface area contributed by atoms with E-state index in [0.717, 1.165) is 5.56 Å². The first kappa shape index (κ1) is 18.1. The minimum Gasteiger partial charge on any atom is -0.373 e. The van der Waals surface area contributed by atoms with Gasteiger partial charge in [-0.15, -0.1) is 0 Å². The maximum absolute atomic E-state index is 12.3. The smallest absolute Gasteiger partial charge is 0.373 e. The Bertz CT molecular complexity index is 502. The zero-order chi connectivity index (χ0) is 16.9. The Kier molecular flexibility index (Phi) is 6.35. The molecular weight excluding hydrogens is 327 g/mol.